The van der Waals surface area contributed by atoms with Gasteiger partial charge in [0.15, 0.2) is 5.82 Å². The quantitative estimate of drug-likeness (QED) is 0.820. The Labute approximate surface area is 152 Å². The van der Waals surface area contributed by atoms with Gasteiger partial charge in [0.2, 0.25) is 17.7 Å². The summed E-state index contributed by atoms with van der Waals surface area (Å²) in [5.41, 5.74) is 0.839. The highest BCUT2D eigenvalue weighted by Gasteiger charge is 2.21. The van der Waals surface area contributed by atoms with Gasteiger partial charge in [-0.05, 0) is 18.2 Å². The van der Waals surface area contributed by atoms with Crippen molar-refractivity contribution in [1.29, 1.82) is 0 Å². The number of hydrogen-bond donors (Lipinski definition) is 2. The van der Waals surface area contributed by atoms with E-state index < -0.39 is 0 Å². The van der Waals surface area contributed by atoms with Crippen molar-refractivity contribution in [2.45, 2.75) is 46.0 Å². The van der Waals surface area contributed by atoms with Crippen LogP contribution in [0.3, 0.4) is 0 Å². The highest BCUT2D eigenvalue weighted by atomic mass is 16.5. The second-order valence-corrected chi connectivity index (χ2v) is 6.91. The number of amides is 2. The third-order valence-corrected chi connectivity index (χ3v) is 3.50. The van der Waals surface area contributed by atoms with Crippen molar-refractivity contribution in [3.05, 3.63) is 29.9 Å². The maximum atomic E-state index is 12.2. The molecule has 0 aliphatic heterocycles. The topological polar surface area (TPSA) is 106 Å². The van der Waals surface area contributed by atoms with Gasteiger partial charge in [-0.1, -0.05) is 25.9 Å². The van der Waals surface area contributed by atoms with Crippen LogP contribution >= 0.6 is 0 Å². The van der Waals surface area contributed by atoms with E-state index in [9.17, 15) is 9.59 Å². The zero-order chi connectivity index (χ0) is 19.3. The highest BCUT2D eigenvalue weighted by molar-refractivity contribution is 5.94. The number of nitrogens with zero attached hydrogens (tertiary/aromatic N) is 2. The smallest absolute Gasteiger partial charge is 0.227 e. The van der Waals surface area contributed by atoms with E-state index in [2.05, 4.69) is 20.8 Å². The van der Waals surface area contributed by atoms with Gasteiger partial charge in [-0.25, -0.2) is 0 Å². The van der Waals surface area contributed by atoms with Gasteiger partial charge in [0.1, 0.15) is 5.75 Å². The summed E-state index contributed by atoms with van der Waals surface area (Å²) in [6, 6.07) is 5.01. The normalized spacial score (nSPS) is 11.1. The summed E-state index contributed by atoms with van der Waals surface area (Å²) >= 11 is 0. The van der Waals surface area contributed by atoms with Crippen LogP contribution in [0.4, 0.5) is 11.4 Å². The standard InChI is InChI=1S/C18H24N4O4/c1-11(23)19-12-6-7-14(25-5)13(10-12)20-15(24)8-9-16-21-17(22-26-16)18(2,3)4/h6-7,10H,8-9H2,1-5H3,(H,19,23)(H,20,24). The summed E-state index contributed by atoms with van der Waals surface area (Å²) in [5, 5.41) is 9.38. The largest absolute Gasteiger partial charge is 0.495 e. The van der Waals surface area contributed by atoms with Crippen LogP contribution in [0.15, 0.2) is 22.7 Å². The molecule has 0 radical (unpaired) electrons. The molecule has 2 N–H and O–H groups in total. The molecule has 0 aliphatic rings. The molecule has 2 rings (SSSR count). The number of benzene rings is 1. The first kappa shape index (κ1) is 19.4. The number of carbonyl (C=O) groups is 2. The molecule has 8 heteroatoms. The molecule has 8 nitrogen and oxygen atoms in total. The Hall–Kier alpha value is -2.90. The van der Waals surface area contributed by atoms with Gasteiger partial charge in [0, 0.05) is 30.9 Å². The molecule has 1 aromatic heterocycles. The number of aryl methyl sites for hydroxylation is 1. The Morgan fingerprint density at radius 3 is 2.54 bits per heavy atom. The first-order valence-electron chi connectivity index (χ1n) is 8.27. The Morgan fingerprint density at radius 2 is 1.96 bits per heavy atom. The Balaban J connectivity index is 2.00. The SMILES string of the molecule is COc1ccc(NC(C)=O)cc1NC(=O)CCc1nc(C(C)(C)C)no1. The summed E-state index contributed by atoms with van der Waals surface area (Å²) in [6.07, 6.45) is 0.516. The molecular formula is C18H24N4O4. The molecule has 0 aliphatic carbocycles. The zero-order valence-electron chi connectivity index (χ0n) is 15.7. The van der Waals surface area contributed by atoms with Crippen molar-refractivity contribution in [2.24, 2.45) is 0 Å². The van der Waals surface area contributed by atoms with Crippen molar-refractivity contribution >= 4 is 23.2 Å². The van der Waals surface area contributed by atoms with E-state index in [0.717, 1.165) is 0 Å². The van der Waals surface area contributed by atoms with Crippen LogP contribution in [-0.4, -0.2) is 29.1 Å². The minimum absolute atomic E-state index is 0.180. The summed E-state index contributed by atoms with van der Waals surface area (Å²) in [6.45, 7) is 7.38. The predicted molar refractivity (Wildman–Crippen MR) is 97.2 cm³/mol. The molecule has 0 saturated heterocycles. The summed E-state index contributed by atoms with van der Waals surface area (Å²) in [7, 11) is 1.51. The first-order valence-corrected chi connectivity index (χ1v) is 8.27. The lowest BCUT2D eigenvalue weighted by Crippen LogP contribution is -2.15. The van der Waals surface area contributed by atoms with Gasteiger partial charge in [0.05, 0.1) is 12.8 Å². The lowest BCUT2D eigenvalue weighted by atomic mass is 9.96. The molecule has 0 unspecified atom stereocenters. The maximum Gasteiger partial charge on any atom is 0.227 e. The fraction of sp³-hybridized carbons (Fsp3) is 0.444. The van der Waals surface area contributed by atoms with E-state index >= 15 is 0 Å². The second kappa shape index (κ2) is 7.99. The van der Waals surface area contributed by atoms with E-state index in [1.54, 1.807) is 18.2 Å². The minimum Gasteiger partial charge on any atom is -0.495 e. The number of carbonyl (C=O) groups excluding carboxylic acids is 2. The maximum absolute atomic E-state index is 12.2. The van der Waals surface area contributed by atoms with Gasteiger partial charge < -0.3 is 19.9 Å². The molecule has 1 aromatic carbocycles. The molecule has 26 heavy (non-hydrogen) atoms. The lowest BCUT2D eigenvalue weighted by Gasteiger charge is -2.12. The number of rotatable bonds is 6. The van der Waals surface area contributed by atoms with Gasteiger partial charge in [-0.2, -0.15) is 4.98 Å². The second-order valence-electron chi connectivity index (χ2n) is 6.91. The van der Waals surface area contributed by atoms with Crippen LogP contribution in [-0.2, 0) is 21.4 Å². The number of aromatic nitrogens is 2. The molecule has 140 valence electrons. The fourth-order valence-electron chi connectivity index (χ4n) is 2.18. The van der Waals surface area contributed by atoms with Crippen molar-refractivity contribution in [3.63, 3.8) is 0 Å². The van der Waals surface area contributed by atoms with E-state index in [1.807, 2.05) is 20.8 Å². The summed E-state index contributed by atoms with van der Waals surface area (Å²) in [4.78, 5) is 27.7. The van der Waals surface area contributed by atoms with Crippen LogP contribution in [0.5, 0.6) is 5.75 Å². The Morgan fingerprint density at radius 1 is 1.23 bits per heavy atom. The number of nitrogens with one attached hydrogen (secondary N) is 2. The van der Waals surface area contributed by atoms with Crippen LogP contribution in [0.1, 0.15) is 45.8 Å². The van der Waals surface area contributed by atoms with Crippen LogP contribution in [0.25, 0.3) is 0 Å². The van der Waals surface area contributed by atoms with E-state index in [-0.39, 0.29) is 23.7 Å². The van der Waals surface area contributed by atoms with E-state index in [1.165, 1.54) is 14.0 Å². The molecule has 2 aromatic rings. The van der Waals surface area contributed by atoms with Gasteiger partial charge >= 0.3 is 0 Å². The lowest BCUT2D eigenvalue weighted by molar-refractivity contribution is -0.116. The molecule has 1 heterocycles. The average Bonchev–Trinajstić information content (AvgIpc) is 3.02. The minimum atomic E-state index is -0.223. The van der Waals surface area contributed by atoms with Gasteiger partial charge in [-0.15, -0.1) is 0 Å². The molecule has 0 atom stereocenters. The monoisotopic (exact) mass is 360 g/mol. The Kier molecular flexibility index (Phi) is 5.97. The van der Waals surface area contributed by atoms with Crippen molar-refractivity contribution in [1.82, 2.24) is 10.1 Å². The fourth-order valence-corrected chi connectivity index (χ4v) is 2.18. The first-order chi connectivity index (χ1) is 12.2. The highest BCUT2D eigenvalue weighted by Crippen LogP contribution is 2.28. The van der Waals surface area contributed by atoms with Crippen LogP contribution in [0, 0.1) is 0 Å². The van der Waals surface area contributed by atoms with Crippen molar-refractivity contribution < 1.29 is 18.8 Å². The van der Waals surface area contributed by atoms with E-state index in [0.29, 0.717) is 35.3 Å². The summed E-state index contributed by atoms with van der Waals surface area (Å²) < 4.78 is 10.4. The molecule has 0 bridgehead atoms. The van der Waals surface area contributed by atoms with E-state index in [4.69, 9.17) is 9.26 Å². The predicted octanol–water partition coefficient (Wildman–Crippen LogP) is 2.91. The van der Waals surface area contributed by atoms with Gasteiger partial charge in [0.25, 0.3) is 0 Å². The third-order valence-electron chi connectivity index (χ3n) is 3.50. The number of ether oxygens (including phenoxy) is 1. The number of methoxy groups -OCH3 is 1. The zero-order valence-corrected chi connectivity index (χ0v) is 15.7. The summed E-state index contributed by atoms with van der Waals surface area (Å²) in [5.74, 6) is 1.11. The molecular weight excluding hydrogens is 336 g/mol. The molecule has 2 amide bonds. The molecule has 0 saturated carbocycles. The third kappa shape index (κ3) is 5.30. The number of anilines is 2. The average molecular weight is 360 g/mol. The van der Waals surface area contributed by atoms with Gasteiger partial charge in [-0.3, -0.25) is 9.59 Å². The van der Waals surface area contributed by atoms with Crippen LogP contribution < -0.4 is 15.4 Å². The van der Waals surface area contributed by atoms with Crippen molar-refractivity contribution in [3.8, 4) is 5.75 Å². The van der Waals surface area contributed by atoms with Crippen molar-refractivity contribution in [2.75, 3.05) is 17.7 Å². The molecule has 0 fully saturated rings. The molecule has 0 spiro atoms. The number of hydrogen-bond acceptors (Lipinski definition) is 6. The Bertz CT molecular complexity index is 793. The van der Waals surface area contributed by atoms with Crippen LogP contribution in [0.2, 0.25) is 0 Å².